The van der Waals surface area contributed by atoms with E-state index in [1.807, 2.05) is 0 Å². The molecule has 0 saturated carbocycles. The molecule has 0 bridgehead atoms. The van der Waals surface area contributed by atoms with E-state index in [2.05, 4.69) is 16.8 Å². The summed E-state index contributed by atoms with van der Waals surface area (Å²) in [4.78, 5) is 30.4. The lowest BCUT2D eigenvalue weighted by Crippen LogP contribution is -2.42. The van der Waals surface area contributed by atoms with Gasteiger partial charge in [0.15, 0.2) is 16.6 Å². The maximum atomic E-state index is 11.9. The zero-order valence-electron chi connectivity index (χ0n) is 12.5. The van der Waals surface area contributed by atoms with Crippen molar-refractivity contribution in [2.24, 2.45) is 0 Å². The van der Waals surface area contributed by atoms with Gasteiger partial charge < -0.3 is 14.4 Å². The lowest BCUT2D eigenvalue weighted by atomic mass is 10.2. The van der Waals surface area contributed by atoms with Crippen LogP contribution in [0.15, 0.2) is 0 Å². The van der Waals surface area contributed by atoms with Crippen LogP contribution in [0.1, 0.15) is 47.4 Å². The number of carbonyl (C=O) groups excluding carboxylic acids is 2. The highest BCUT2D eigenvalue weighted by Gasteiger charge is 2.27. The van der Waals surface area contributed by atoms with Crippen molar-refractivity contribution in [1.29, 1.82) is 0 Å². The Bertz CT molecular complexity index is 529. The molecule has 0 aromatic carbocycles. The first-order chi connectivity index (χ1) is 10.1. The Labute approximate surface area is 128 Å². The van der Waals surface area contributed by atoms with Gasteiger partial charge in [0.2, 0.25) is 0 Å². The fraction of sp³-hybridized carbons (Fsp3) is 0.643. The number of nitrogens with zero attached hydrogens (tertiary/aromatic N) is 2. The molecule has 1 aromatic rings. The summed E-state index contributed by atoms with van der Waals surface area (Å²) in [6.45, 7) is 7.57. The molecule has 0 spiro atoms. The number of aromatic nitrogens is 1. The zero-order valence-corrected chi connectivity index (χ0v) is 13.4. The number of Topliss-reactive ketones (excluding diaryl/α,β-unsaturated/α-hetero) is 1. The second-order valence-corrected chi connectivity index (χ2v) is 5.78. The molecule has 116 valence electrons. The quantitative estimate of drug-likeness (QED) is 0.613. The van der Waals surface area contributed by atoms with Gasteiger partial charge in [-0.15, -0.1) is 0 Å². The van der Waals surface area contributed by atoms with E-state index in [-0.39, 0.29) is 24.2 Å². The third-order valence-electron chi connectivity index (χ3n) is 3.27. The summed E-state index contributed by atoms with van der Waals surface area (Å²) >= 11 is 1.25. The van der Waals surface area contributed by atoms with Gasteiger partial charge in [0.05, 0.1) is 19.3 Å². The lowest BCUT2D eigenvalue weighted by molar-refractivity contribution is 0.0384. The minimum Gasteiger partial charge on any atom is -0.461 e. The summed E-state index contributed by atoms with van der Waals surface area (Å²) in [5.41, 5.74) is 0.129. The first kappa shape index (κ1) is 15.9. The minimum atomic E-state index is -0.537. The van der Waals surface area contributed by atoms with Crippen molar-refractivity contribution in [3.8, 4) is 0 Å². The molecule has 1 atom stereocenters. The van der Waals surface area contributed by atoms with Crippen LogP contribution in [0.3, 0.4) is 0 Å². The van der Waals surface area contributed by atoms with Crippen molar-refractivity contribution < 1.29 is 19.1 Å². The van der Waals surface area contributed by atoms with Gasteiger partial charge in [0.25, 0.3) is 0 Å². The lowest BCUT2D eigenvalue weighted by Gasteiger charge is -2.32. The number of morpholine rings is 1. The topological polar surface area (TPSA) is 68.7 Å². The Morgan fingerprint density at radius 3 is 2.86 bits per heavy atom. The van der Waals surface area contributed by atoms with E-state index >= 15 is 0 Å². The molecular formula is C14H20N2O4S. The number of ether oxygens (including phenoxy) is 2. The molecule has 0 aliphatic carbocycles. The van der Waals surface area contributed by atoms with Gasteiger partial charge in [0.1, 0.15) is 4.88 Å². The van der Waals surface area contributed by atoms with Crippen LogP contribution in [0.4, 0.5) is 5.13 Å². The van der Waals surface area contributed by atoms with Crippen molar-refractivity contribution in [1.82, 2.24) is 4.98 Å². The average molecular weight is 312 g/mol. The number of rotatable bonds is 5. The van der Waals surface area contributed by atoms with Crippen molar-refractivity contribution in [3.05, 3.63) is 10.6 Å². The third-order valence-corrected chi connectivity index (χ3v) is 4.49. The van der Waals surface area contributed by atoms with Gasteiger partial charge in [-0.25, -0.2) is 9.78 Å². The van der Waals surface area contributed by atoms with E-state index < -0.39 is 5.97 Å². The van der Waals surface area contributed by atoms with Crippen LogP contribution in [0.25, 0.3) is 0 Å². The molecule has 1 aromatic heterocycles. The number of anilines is 1. The number of hydrogen-bond donors (Lipinski definition) is 0. The fourth-order valence-corrected chi connectivity index (χ4v) is 3.14. The molecule has 6 nitrogen and oxygen atoms in total. The number of carbonyl (C=O) groups is 2. The second-order valence-electron chi connectivity index (χ2n) is 4.80. The summed E-state index contributed by atoms with van der Waals surface area (Å²) in [5.74, 6) is -0.701. The van der Waals surface area contributed by atoms with E-state index in [1.54, 1.807) is 6.92 Å². The van der Waals surface area contributed by atoms with Gasteiger partial charge in [0, 0.05) is 20.0 Å². The Balaban J connectivity index is 2.26. The van der Waals surface area contributed by atoms with Crippen LogP contribution >= 0.6 is 11.3 Å². The highest BCUT2D eigenvalue weighted by atomic mass is 32.1. The highest BCUT2D eigenvalue weighted by Crippen LogP contribution is 2.29. The van der Waals surface area contributed by atoms with Crippen molar-refractivity contribution >= 4 is 28.2 Å². The fourth-order valence-electron chi connectivity index (χ4n) is 2.16. The SMILES string of the molecule is CCOC(=O)c1nc(N2CCOC(CC)C2)sc1C(C)=O. The Morgan fingerprint density at radius 1 is 1.48 bits per heavy atom. The monoisotopic (exact) mass is 312 g/mol. The molecule has 1 aliphatic heterocycles. The molecule has 7 heteroatoms. The van der Waals surface area contributed by atoms with E-state index in [9.17, 15) is 9.59 Å². The Hall–Kier alpha value is -1.47. The van der Waals surface area contributed by atoms with Crippen molar-refractivity contribution in [2.75, 3.05) is 31.2 Å². The Morgan fingerprint density at radius 2 is 2.24 bits per heavy atom. The maximum absolute atomic E-state index is 11.9. The smallest absolute Gasteiger partial charge is 0.358 e. The van der Waals surface area contributed by atoms with E-state index in [0.29, 0.717) is 23.2 Å². The summed E-state index contributed by atoms with van der Waals surface area (Å²) in [6, 6.07) is 0. The molecule has 0 radical (unpaired) electrons. The van der Waals surface area contributed by atoms with Gasteiger partial charge in [-0.3, -0.25) is 4.79 Å². The molecule has 21 heavy (non-hydrogen) atoms. The number of hydrogen-bond acceptors (Lipinski definition) is 7. The van der Waals surface area contributed by atoms with Gasteiger partial charge >= 0.3 is 5.97 Å². The van der Waals surface area contributed by atoms with Crippen LogP contribution in [-0.2, 0) is 9.47 Å². The van der Waals surface area contributed by atoms with Crippen LogP contribution in [0, 0.1) is 0 Å². The predicted octanol–water partition coefficient (Wildman–Crippen LogP) is 2.14. The number of ketones is 1. The molecule has 1 fully saturated rings. The standard InChI is InChI=1S/C14H20N2O4S/c1-4-10-8-16(6-7-20-10)14-15-11(13(18)19-5-2)12(21-14)9(3)17/h10H,4-8H2,1-3H3. The summed E-state index contributed by atoms with van der Waals surface area (Å²) in [5, 5.41) is 0.685. The second kappa shape index (κ2) is 7.00. The Kier molecular flexibility index (Phi) is 5.30. The number of thiazole rings is 1. The predicted molar refractivity (Wildman–Crippen MR) is 80.3 cm³/mol. The van der Waals surface area contributed by atoms with E-state index in [4.69, 9.17) is 9.47 Å². The largest absolute Gasteiger partial charge is 0.461 e. The molecule has 1 unspecified atom stereocenters. The zero-order chi connectivity index (χ0) is 15.4. The molecule has 2 rings (SSSR count). The molecule has 1 saturated heterocycles. The molecule has 2 heterocycles. The maximum Gasteiger partial charge on any atom is 0.358 e. The minimum absolute atomic E-state index is 0.129. The van der Waals surface area contributed by atoms with Crippen LogP contribution in [-0.4, -0.2) is 49.1 Å². The van der Waals surface area contributed by atoms with Gasteiger partial charge in [-0.05, 0) is 13.3 Å². The van der Waals surface area contributed by atoms with E-state index in [0.717, 1.165) is 13.0 Å². The van der Waals surface area contributed by atoms with Crippen molar-refractivity contribution in [3.63, 3.8) is 0 Å². The molecule has 0 amide bonds. The van der Waals surface area contributed by atoms with Crippen LogP contribution < -0.4 is 4.90 Å². The summed E-state index contributed by atoms with van der Waals surface area (Å²) in [6.07, 6.45) is 1.08. The van der Waals surface area contributed by atoms with Crippen LogP contribution in [0.5, 0.6) is 0 Å². The normalized spacial score (nSPS) is 18.6. The average Bonchev–Trinajstić information content (AvgIpc) is 2.93. The van der Waals surface area contributed by atoms with Gasteiger partial charge in [-0.1, -0.05) is 18.3 Å². The third kappa shape index (κ3) is 3.59. The summed E-state index contributed by atoms with van der Waals surface area (Å²) < 4.78 is 10.6. The molecule has 1 aliphatic rings. The van der Waals surface area contributed by atoms with E-state index in [1.165, 1.54) is 18.3 Å². The van der Waals surface area contributed by atoms with Gasteiger partial charge in [-0.2, -0.15) is 0 Å². The molecule has 0 N–H and O–H groups in total. The van der Waals surface area contributed by atoms with Crippen LogP contribution in [0.2, 0.25) is 0 Å². The van der Waals surface area contributed by atoms with Crippen molar-refractivity contribution in [2.45, 2.75) is 33.3 Å². The highest BCUT2D eigenvalue weighted by molar-refractivity contribution is 7.17. The first-order valence-corrected chi connectivity index (χ1v) is 7.93. The molecular weight excluding hydrogens is 292 g/mol. The summed E-state index contributed by atoms with van der Waals surface area (Å²) in [7, 11) is 0. The first-order valence-electron chi connectivity index (χ1n) is 7.12. The number of esters is 1.